The van der Waals surface area contributed by atoms with Gasteiger partial charge in [0, 0.05) is 17.4 Å². The van der Waals surface area contributed by atoms with Crippen LogP contribution in [-0.2, 0) is 0 Å². The number of hydrogen-bond acceptors (Lipinski definition) is 4. The highest BCUT2D eigenvalue weighted by Gasteiger charge is 2.13. The van der Waals surface area contributed by atoms with Crippen LogP contribution in [0.25, 0.3) is 16.9 Å². The Hall–Kier alpha value is -3.61. The molecule has 2 aromatic heterocycles. The van der Waals surface area contributed by atoms with Crippen molar-refractivity contribution in [2.45, 2.75) is 13.8 Å². The van der Waals surface area contributed by atoms with Gasteiger partial charge < -0.3 is 5.32 Å². The Balaban J connectivity index is 1.63. The van der Waals surface area contributed by atoms with E-state index in [4.69, 9.17) is 0 Å². The average Bonchev–Trinajstić information content (AvgIpc) is 3.08. The number of nitrogens with zero attached hydrogens (tertiary/aromatic N) is 4. The number of aryl methyl sites for hydroxylation is 2. The molecule has 0 aliphatic heterocycles. The SMILES string of the molecule is Cc1ccc(NC(=O)c2ccc(-n3nnc4cccnc43)c(C)c2)cc1F. The lowest BCUT2D eigenvalue weighted by Gasteiger charge is -2.10. The number of fused-ring (bicyclic) bond motifs is 1. The third-order valence-electron chi connectivity index (χ3n) is 4.33. The van der Waals surface area contributed by atoms with Crippen LogP contribution in [0.15, 0.2) is 54.7 Å². The monoisotopic (exact) mass is 361 g/mol. The molecule has 4 rings (SSSR count). The molecule has 2 aromatic carbocycles. The van der Waals surface area contributed by atoms with E-state index in [1.54, 1.807) is 54.2 Å². The van der Waals surface area contributed by atoms with E-state index in [2.05, 4.69) is 20.6 Å². The van der Waals surface area contributed by atoms with Crippen LogP contribution in [0.1, 0.15) is 21.5 Å². The Morgan fingerprint density at radius 1 is 1.07 bits per heavy atom. The normalized spacial score (nSPS) is 10.9. The highest BCUT2D eigenvalue weighted by Crippen LogP contribution is 2.20. The lowest BCUT2D eigenvalue weighted by molar-refractivity contribution is 0.102. The summed E-state index contributed by atoms with van der Waals surface area (Å²) in [5.41, 5.74) is 4.38. The summed E-state index contributed by atoms with van der Waals surface area (Å²) in [6, 6.07) is 13.5. The summed E-state index contributed by atoms with van der Waals surface area (Å²) in [4.78, 5) is 16.8. The first-order valence-electron chi connectivity index (χ1n) is 8.38. The van der Waals surface area contributed by atoms with Gasteiger partial charge in [-0.25, -0.2) is 9.37 Å². The Bertz CT molecular complexity index is 1170. The molecule has 1 N–H and O–H groups in total. The number of halogens is 1. The lowest BCUT2D eigenvalue weighted by atomic mass is 10.1. The van der Waals surface area contributed by atoms with Gasteiger partial charge in [-0.15, -0.1) is 5.10 Å². The smallest absolute Gasteiger partial charge is 0.255 e. The second-order valence-corrected chi connectivity index (χ2v) is 6.27. The maximum absolute atomic E-state index is 13.7. The van der Waals surface area contributed by atoms with Crippen molar-refractivity contribution >= 4 is 22.8 Å². The molecule has 0 saturated carbocycles. The minimum atomic E-state index is -0.357. The van der Waals surface area contributed by atoms with Crippen molar-refractivity contribution in [1.82, 2.24) is 20.0 Å². The molecule has 1 amide bonds. The summed E-state index contributed by atoms with van der Waals surface area (Å²) >= 11 is 0. The van der Waals surface area contributed by atoms with Gasteiger partial charge in [0.15, 0.2) is 5.65 Å². The summed E-state index contributed by atoms with van der Waals surface area (Å²) in [6.45, 7) is 3.56. The van der Waals surface area contributed by atoms with E-state index < -0.39 is 0 Å². The van der Waals surface area contributed by atoms with Gasteiger partial charge in [-0.2, -0.15) is 4.68 Å². The molecule has 0 bridgehead atoms. The van der Waals surface area contributed by atoms with Gasteiger partial charge in [-0.1, -0.05) is 11.3 Å². The predicted molar refractivity (Wildman–Crippen MR) is 100 cm³/mol. The van der Waals surface area contributed by atoms with Gasteiger partial charge in [-0.3, -0.25) is 4.79 Å². The molecular weight excluding hydrogens is 345 g/mol. The number of carbonyl (C=O) groups excluding carboxylic acids is 1. The Labute approximate surface area is 154 Å². The zero-order chi connectivity index (χ0) is 19.0. The molecule has 27 heavy (non-hydrogen) atoms. The van der Waals surface area contributed by atoms with Gasteiger partial charge in [0.2, 0.25) is 0 Å². The minimum Gasteiger partial charge on any atom is -0.322 e. The van der Waals surface area contributed by atoms with Crippen molar-refractivity contribution in [2.75, 3.05) is 5.32 Å². The fraction of sp³-hybridized carbons (Fsp3) is 0.100. The molecule has 0 aliphatic rings. The van der Waals surface area contributed by atoms with E-state index in [0.717, 1.165) is 11.3 Å². The number of aromatic nitrogens is 4. The number of anilines is 1. The molecule has 0 aliphatic carbocycles. The lowest BCUT2D eigenvalue weighted by Crippen LogP contribution is -2.13. The standard InChI is InChI=1S/C20H16FN5O/c1-12-5-7-15(11-16(12)21)23-20(27)14-6-8-18(13(2)10-14)26-19-17(24-25-26)4-3-9-22-19/h3-11H,1-2H3,(H,23,27). The summed E-state index contributed by atoms with van der Waals surface area (Å²) in [5.74, 6) is -0.667. The molecule has 6 nitrogen and oxygen atoms in total. The van der Waals surface area contributed by atoms with Gasteiger partial charge >= 0.3 is 0 Å². The van der Waals surface area contributed by atoms with Crippen molar-refractivity contribution in [3.05, 3.63) is 77.2 Å². The minimum absolute atomic E-state index is 0.311. The van der Waals surface area contributed by atoms with Gasteiger partial charge in [0.25, 0.3) is 5.91 Å². The number of carbonyl (C=O) groups is 1. The van der Waals surface area contributed by atoms with Crippen molar-refractivity contribution in [3.8, 4) is 5.69 Å². The molecule has 0 unspecified atom stereocenters. The maximum Gasteiger partial charge on any atom is 0.255 e. The first-order chi connectivity index (χ1) is 13.0. The van der Waals surface area contributed by atoms with Gasteiger partial charge in [0.1, 0.15) is 11.3 Å². The zero-order valence-corrected chi connectivity index (χ0v) is 14.8. The maximum atomic E-state index is 13.7. The molecule has 0 radical (unpaired) electrons. The third-order valence-corrected chi connectivity index (χ3v) is 4.33. The zero-order valence-electron chi connectivity index (χ0n) is 14.8. The number of rotatable bonds is 3. The number of benzene rings is 2. The second-order valence-electron chi connectivity index (χ2n) is 6.27. The highest BCUT2D eigenvalue weighted by atomic mass is 19.1. The quantitative estimate of drug-likeness (QED) is 0.602. The van der Waals surface area contributed by atoms with Crippen molar-refractivity contribution < 1.29 is 9.18 Å². The molecule has 4 aromatic rings. The molecule has 7 heteroatoms. The Kier molecular flexibility index (Phi) is 4.12. The summed E-state index contributed by atoms with van der Waals surface area (Å²) in [5, 5.41) is 11.0. The molecule has 0 atom stereocenters. The van der Waals surface area contributed by atoms with Gasteiger partial charge in [-0.05, 0) is 67.4 Å². The summed E-state index contributed by atoms with van der Waals surface area (Å²) in [7, 11) is 0. The van der Waals surface area contributed by atoms with Crippen molar-refractivity contribution in [1.29, 1.82) is 0 Å². The molecule has 0 saturated heterocycles. The molecule has 134 valence electrons. The number of hydrogen-bond donors (Lipinski definition) is 1. The summed E-state index contributed by atoms with van der Waals surface area (Å²) < 4.78 is 15.3. The van der Waals surface area contributed by atoms with E-state index in [0.29, 0.717) is 28.0 Å². The number of pyridine rings is 1. The third kappa shape index (κ3) is 3.15. The van der Waals surface area contributed by atoms with Gasteiger partial charge in [0.05, 0.1) is 5.69 Å². The fourth-order valence-corrected chi connectivity index (χ4v) is 2.84. The van der Waals surface area contributed by atoms with Crippen LogP contribution >= 0.6 is 0 Å². The first-order valence-corrected chi connectivity index (χ1v) is 8.38. The number of nitrogens with one attached hydrogen (secondary N) is 1. The Morgan fingerprint density at radius 3 is 2.70 bits per heavy atom. The fourth-order valence-electron chi connectivity index (χ4n) is 2.84. The topological polar surface area (TPSA) is 72.7 Å². The van der Waals surface area contributed by atoms with E-state index in [9.17, 15) is 9.18 Å². The predicted octanol–water partition coefficient (Wildman–Crippen LogP) is 3.82. The van der Waals surface area contributed by atoms with Crippen LogP contribution in [-0.4, -0.2) is 25.9 Å². The van der Waals surface area contributed by atoms with Crippen LogP contribution < -0.4 is 5.32 Å². The van der Waals surface area contributed by atoms with Crippen molar-refractivity contribution in [2.24, 2.45) is 0 Å². The van der Waals surface area contributed by atoms with Crippen LogP contribution in [0, 0.1) is 19.7 Å². The second kappa shape index (κ2) is 6.60. The van der Waals surface area contributed by atoms with E-state index in [-0.39, 0.29) is 11.7 Å². The van der Waals surface area contributed by atoms with Crippen LogP contribution in [0.5, 0.6) is 0 Å². The largest absolute Gasteiger partial charge is 0.322 e. The van der Waals surface area contributed by atoms with Crippen LogP contribution in [0.2, 0.25) is 0 Å². The molecule has 0 spiro atoms. The molecule has 0 fully saturated rings. The van der Waals surface area contributed by atoms with Crippen LogP contribution in [0.3, 0.4) is 0 Å². The highest BCUT2D eigenvalue weighted by molar-refractivity contribution is 6.04. The molecule has 2 heterocycles. The average molecular weight is 361 g/mol. The van der Waals surface area contributed by atoms with E-state index in [1.807, 2.05) is 13.0 Å². The van der Waals surface area contributed by atoms with Crippen LogP contribution in [0.4, 0.5) is 10.1 Å². The summed E-state index contributed by atoms with van der Waals surface area (Å²) in [6.07, 6.45) is 1.68. The Morgan fingerprint density at radius 2 is 1.93 bits per heavy atom. The van der Waals surface area contributed by atoms with E-state index in [1.165, 1.54) is 6.07 Å². The molecular formula is C20H16FN5O. The van der Waals surface area contributed by atoms with Crippen molar-refractivity contribution in [3.63, 3.8) is 0 Å². The first kappa shape index (κ1) is 16.8. The number of amides is 1. The van der Waals surface area contributed by atoms with E-state index >= 15 is 0 Å².